The van der Waals surface area contributed by atoms with Gasteiger partial charge >= 0.3 is 0 Å². The van der Waals surface area contributed by atoms with Crippen LogP contribution in [0.2, 0.25) is 0 Å². The summed E-state index contributed by atoms with van der Waals surface area (Å²) in [6, 6.07) is 0. The Balaban J connectivity index is 2.15. The predicted octanol–water partition coefficient (Wildman–Crippen LogP) is 3.03. The van der Waals surface area contributed by atoms with Gasteiger partial charge in [0, 0.05) is 13.0 Å². The normalized spacial score (nSPS) is 26.6. The van der Waals surface area contributed by atoms with Gasteiger partial charge in [0.15, 0.2) is 0 Å². The van der Waals surface area contributed by atoms with Crippen LogP contribution in [0.1, 0.15) is 64.6 Å². The van der Waals surface area contributed by atoms with Gasteiger partial charge < -0.3 is 9.26 Å². The molecule has 5 nitrogen and oxygen atoms in total. The second kappa shape index (κ2) is 6.48. The van der Waals surface area contributed by atoms with Crippen LogP contribution in [0.15, 0.2) is 4.52 Å². The van der Waals surface area contributed by atoms with Crippen molar-refractivity contribution in [1.29, 1.82) is 0 Å². The monoisotopic (exact) mass is 280 g/mol. The molecule has 1 saturated carbocycles. The Bertz CT molecular complexity index is 448. The summed E-state index contributed by atoms with van der Waals surface area (Å²) < 4.78 is 11.2. The Labute approximate surface area is 120 Å². The molecular weight excluding hydrogens is 256 g/mol. The number of nitrogens with zero attached hydrogens (tertiary/aromatic N) is 2. The molecule has 0 bridgehead atoms. The lowest BCUT2D eigenvalue weighted by Crippen LogP contribution is -2.35. The highest BCUT2D eigenvalue weighted by molar-refractivity contribution is 5.79. The van der Waals surface area contributed by atoms with E-state index in [4.69, 9.17) is 9.26 Å². The lowest BCUT2D eigenvalue weighted by Gasteiger charge is -2.36. The van der Waals surface area contributed by atoms with Gasteiger partial charge in [-0.2, -0.15) is 4.98 Å². The van der Waals surface area contributed by atoms with Crippen LogP contribution in [0.4, 0.5) is 0 Å². The number of carbonyl (C=O) groups is 1. The molecule has 112 valence electrons. The zero-order valence-corrected chi connectivity index (χ0v) is 12.6. The van der Waals surface area contributed by atoms with Crippen molar-refractivity contribution in [3.05, 3.63) is 11.7 Å². The van der Waals surface area contributed by atoms with Crippen molar-refractivity contribution in [2.24, 2.45) is 5.92 Å². The minimum absolute atomic E-state index is 0.114. The Morgan fingerprint density at radius 3 is 2.70 bits per heavy atom. The standard InChI is InChI=1S/C15H24N2O3/c1-4-12(18)10-13-16-14(17-20-13)15(19-5-2)8-6-11(3)7-9-15/h11H,4-10H2,1-3H3. The third kappa shape index (κ3) is 3.26. The second-order valence-corrected chi connectivity index (χ2v) is 5.69. The maximum atomic E-state index is 11.5. The molecule has 1 aliphatic rings. The average Bonchev–Trinajstić information content (AvgIpc) is 2.91. The lowest BCUT2D eigenvalue weighted by molar-refractivity contribution is -0.118. The molecule has 0 amide bonds. The number of ether oxygens (including phenoxy) is 1. The van der Waals surface area contributed by atoms with Gasteiger partial charge in [0.2, 0.25) is 11.7 Å². The number of aromatic nitrogens is 2. The Morgan fingerprint density at radius 2 is 2.10 bits per heavy atom. The number of rotatable bonds is 6. The maximum Gasteiger partial charge on any atom is 0.234 e. The Hall–Kier alpha value is -1.23. The third-order valence-corrected chi connectivity index (χ3v) is 4.12. The van der Waals surface area contributed by atoms with Crippen LogP contribution in [0.25, 0.3) is 0 Å². The van der Waals surface area contributed by atoms with Gasteiger partial charge in [-0.25, -0.2) is 0 Å². The average molecular weight is 280 g/mol. The summed E-state index contributed by atoms with van der Waals surface area (Å²) in [4.78, 5) is 15.9. The minimum Gasteiger partial charge on any atom is -0.367 e. The molecule has 0 saturated heterocycles. The van der Waals surface area contributed by atoms with Crippen LogP contribution in [0.5, 0.6) is 0 Å². The molecule has 0 radical (unpaired) electrons. The fourth-order valence-electron chi connectivity index (χ4n) is 2.74. The van der Waals surface area contributed by atoms with Crippen molar-refractivity contribution in [2.45, 2.75) is 64.9 Å². The molecule has 0 N–H and O–H groups in total. The van der Waals surface area contributed by atoms with Crippen LogP contribution in [-0.2, 0) is 21.6 Å². The van der Waals surface area contributed by atoms with Gasteiger partial charge in [-0.15, -0.1) is 0 Å². The van der Waals surface area contributed by atoms with E-state index < -0.39 is 5.60 Å². The van der Waals surface area contributed by atoms with E-state index >= 15 is 0 Å². The van der Waals surface area contributed by atoms with Crippen LogP contribution in [0.3, 0.4) is 0 Å². The molecule has 0 spiro atoms. The first-order valence-electron chi connectivity index (χ1n) is 7.58. The minimum atomic E-state index is -0.418. The number of hydrogen-bond donors (Lipinski definition) is 0. The van der Waals surface area contributed by atoms with Crippen molar-refractivity contribution in [3.63, 3.8) is 0 Å². The fourth-order valence-corrected chi connectivity index (χ4v) is 2.74. The van der Waals surface area contributed by atoms with E-state index in [0.717, 1.165) is 31.6 Å². The van der Waals surface area contributed by atoms with Gasteiger partial charge in [0.05, 0.1) is 6.42 Å². The quantitative estimate of drug-likeness (QED) is 0.801. The highest BCUT2D eigenvalue weighted by Gasteiger charge is 2.40. The Morgan fingerprint density at radius 1 is 1.40 bits per heavy atom. The summed E-state index contributed by atoms with van der Waals surface area (Å²) in [5, 5.41) is 4.08. The van der Waals surface area contributed by atoms with E-state index in [1.54, 1.807) is 0 Å². The summed E-state index contributed by atoms with van der Waals surface area (Å²) in [5.41, 5.74) is -0.418. The topological polar surface area (TPSA) is 65.2 Å². The van der Waals surface area contributed by atoms with E-state index in [-0.39, 0.29) is 12.2 Å². The molecule has 5 heteroatoms. The van der Waals surface area contributed by atoms with E-state index in [1.807, 2.05) is 13.8 Å². The fraction of sp³-hybridized carbons (Fsp3) is 0.800. The number of hydrogen-bond acceptors (Lipinski definition) is 5. The van der Waals surface area contributed by atoms with E-state index in [0.29, 0.717) is 24.7 Å². The number of carbonyl (C=O) groups excluding carboxylic acids is 1. The molecule has 2 rings (SSSR count). The van der Waals surface area contributed by atoms with E-state index in [2.05, 4.69) is 17.1 Å². The molecule has 0 atom stereocenters. The molecule has 0 aliphatic heterocycles. The van der Waals surface area contributed by atoms with Gasteiger partial charge in [-0.1, -0.05) is 19.0 Å². The molecule has 1 aliphatic carbocycles. The van der Waals surface area contributed by atoms with Gasteiger partial charge in [0.1, 0.15) is 11.4 Å². The van der Waals surface area contributed by atoms with E-state index in [1.165, 1.54) is 0 Å². The smallest absolute Gasteiger partial charge is 0.234 e. The van der Waals surface area contributed by atoms with Crippen LogP contribution < -0.4 is 0 Å². The van der Waals surface area contributed by atoms with Crippen LogP contribution >= 0.6 is 0 Å². The summed E-state index contributed by atoms with van der Waals surface area (Å²) in [6.07, 6.45) is 4.77. The highest BCUT2D eigenvalue weighted by atomic mass is 16.5. The first-order valence-corrected chi connectivity index (χ1v) is 7.58. The second-order valence-electron chi connectivity index (χ2n) is 5.69. The summed E-state index contributed by atoms with van der Waals surface area (Å²) in [7, 11) is 0. The van der Waals surface area contributed by atoms with Gasteiger partial charge in [0.25, 0.3) is 0 Å². The molecule has 1 fully saturated rings. The number of Topliss-reactive ketones (excluding diaryl/α,β-unsaturated/α-hetero) is 1. The zero-order valence-electron chi connectivity index (χ0n) is 12.6. The van der Waals surface area contributed by atoms with Crippen molar-refractivity contribution >= 4 is 5.78 Å². The molecule has 1 heterocycles. The number of ketones is 1. The van der Waals surface area contributed by atoms with Gasteiger partial charge in [-0.3, -0.25) is 4.79 Å². The molecular formula is C15H24N2O3. The highest BCUT2D eigenvalue weighted by Crippen LogP contribution is 2.41. The van der Waals surface area contributed by atoms with Crippen LogP contribution in [-0.4, -0.2) is 22.5 Å². The molecule has 1 aromatic rings. The van der Waals surface area contributed by atoms with Crippen molar-refractivity contribution in [2.75, 3.05) is 6.61 Å². The van der Waals surface area contributed by atoms with Gasteiger partial charge in [-0.05, 0) is 38.5 Å². The van der Waals surface area contributed by atoms with E-state index in [9.17, 15) is 4.79 Å². The largest absolute Gasteiger partial charge is 0.367 e. The third-order valence-electron chi connectivity index (χ3n) is 4.12. The summed E-state index contributed by atoms with van der Waals surface area (Å²) in [5.74, 6) is 1.86. The maximum absolute atomic E-state index is 11.5. The first-order chi connectivity index (χ1) is 9.59. The lowest BCUT2D eigenvalue weighted by atomic mass is 9.79. The van der Waals surface area contributed by atoms with Crippen molar-refractivity contribution in [1.82, 2.24) is 10.1 Å². The van der Waals surface area contributed by atoms with Crippen molar-refractivity contribution in [3.8, 4) is 0 Å². The zero-order chi connectivity index (χ0) is 14.6. The van der Waals surface area contributed by atoms with Crippen molar-refractivity contribution < 1.29 is 14.1 Å². The molecule has 0 aromatic carbocycles. The summed E-state index contributed by atoms with van der Waals surface area (Å²) in [6.45, 7) is 6.72. The molecule has 0 unspecified atom stereocenters. The first kappa shape index (κ1) is 15.2. The SMILES string of the molecule is CCOC1(c2noc(CC(=O)CC)n2)CCC(C)CC1. The van der Waals surface area contributed by atoms with Crippen LogP contribution in [0, 0.1) is 5.92 Å². The molecule has 20 heavy (non-hydrogen) atoms. The molecule has 1 aromatic heterocycles. The Kier molecular flexibility index (Phi) is 4.91. The summed E-state index contributed by atoms with van der Waals surface area (Å²) >= 11 is 0. The predicted molar refractivity (Wildman–Crippen MR) is 74.2 cm³/mol.